The molecule has 82 valence electrons. The van der Waals surface area contributed by atoms with Crippen LogP contribution in [0.4, 0.5) is 5.69 Å². The number of carbonyl (C=O) groups excluding carboxylic acids is 1. The molecule has 0 saturated carbocycles. The quantitative estimate of drug-likeness (QED) is 0.762. The van der Waals surface area contributed by atoms with Crippen molar-refractivity contribution in [2.24, 2.45) is 0 Å². The number of carbonyl (C=O) groups is 1. The van der Waals surface area contributed by atoms with E-state index in [4.69, 9.17) is 11.6 Å². The van der Waals surface area contributed by atoms with Crippen molar-refractivity contribution in [2.45, 2.75) is 0 Å². The van der Waals surface area contributed by atoms with E-state index in [1.54, 1.807) is 0 Å². The van der Waals surface area contributed by atoms with Crippen molar-refractivity contribution in [3.05, 3.63) is 28.8 Å². The van der Waals surface area contributed by atoms with Crippen molar-refractivity contribution in [1.29, 1.82) is 0 Å². The van der Waals surface area contributed by atoms with E-state index >= 15 is 0 Å². The molecular weight excluding hydrogens is 238 g/mol. The van der Waals surface area contributed by atoms with Crippen molar-refractivity contribution in [1.82, 2.24) is 0 Å². The number of nitrogens with zero attached hydrogens (tertiary/aromatic N) is 1. The lowest BCUT2D eigenvalue weighted by Crippen LogP contribution is -2.24. The second-order valence-electron chi connectivity index (χ2n) is 3.05. The molecule has 1 aromatic rings. The van der Waals surface area contributed by atoms with Gasteiger partial charge in [-0.2, -0.15) is 0 Å². The van der Waals surface area contributed by atoms with Crippen LogP contribution >= 0.6 is 11.6 Å². The lowest BCUT2D eigenvalue weighted by Gasteiger charge is -2.16. The lowest BCUT2D eigenvalue weighted by atomic mass is 10.2. The lowest BCUT2D eigenvalue weighted by molar-refractivity contribution is 0.112. The highest BCUT2D eigenvalue weighted by atomic mass is 35.5. The SMILES string of the molecule is CN(c1ccc(Cl)c(C=O)c1)S(C)(=O)=O. The summed E-state index contributed by atoms with van der Waals surface area (Å²) in [7, 11) is -1.91. The molecule has 0 aliphatic rings. The van der Waals surface area contributed by atoms with Gasteiger partial charge in [-0.1, -0.05) is 11.6 Å². The van der Waals surface area contributed by atoms with Gasteiger partial charge in [-0.15, -0.1) is 0 Å². The molecule has 0 saturated heterocycles. The van der Waals surface area contributed by atoms with Gasteiger partial charge in [0.1, 0.15) is 0 Å². The van der Waals surface area contributed by atoms with Crippen LogP contribution in [0.1, 0.15) is 10.4 Å². The van der Waals surface area contributed by atoms with Gasteiger partial charge in [0.25, 0.3) is 0 Å². The normalized spacial score (nSPS) is 11.1. The second-order valence-corrected chi connectivity index (χ2v) is 5.48. The molecule has 0 amide bonds. The van der Waals surface area contributed by atoms with Crippen molar-refractivity contribution in [3.8, 4) is 0 Å². The predicted molar refractivity (Wildman–Crippen MR) is 60.1 cm³/mol. The summed E-state index contributed by atoms with van der Waals surface area (Å²) in [6.45, 7) is 0. The topological polar surface area (TPSA) is 54.5 Å². The number of benzene rings is 1. The van der Waals surface area contributed by atoms with Gasteiger partial charge in [-0.3, -0.25) is 9.10 Å². The minimum atomic E-state index is -3.32. The van der Waals surface area contributed by atoms with Crippen molar-refractivity contribution in [2.75, 3.05) is 17.6 Å². The first-order chi connectivity index (χ1) is 6.86. The number of anilines is 1. The van der Waals surface area contributed by atoms with Gasteiger partial charge in [0.2, 0.25) is 10.0 Å². The van der Waals surface area contributed by atoms with E-state index in [0.717, 1.165) is 10.6 Å². The molecule has 0 bridgehead atoms. The Bertz CT molecular complexity index is 484. The zero-order valence-corrected chi connectivity index (χ0v) is 9.84. The summed E-state index contributed by atoms with van der Waals surface area (Å²) in [5, 5.41) is 0.302. The zero-order valence-electron chi connectivity index (χ0n) is 8.27. The van der Waals surface area contributed by atoms with Crippen LogP contribution in [0.25, 0.3) is 0 Å². The molecule has 0 aliphatic carbocycles. The van der Waals surface area contributed by atoms with E-state index in [0.29, 0.717) is 17.0 Å². The van der Waals surface area contributed by atoms with Crippen LogP contribution in [0.3, 0.4) is 0 Å². The van der Waals surface area contributed by atoms with Crippen LogP contribution in [-0.2, 0) is 10.0 Å². The van der Waals surface area contributed by atoms with Gasteiger partial charge < -0.3 is 0 Å². The molecule has 4 nitrogen and oxygen atoms in total. The molecule has 0 spiro atoms. The maximum atomic E-state index is 11.2. The summed E-state index contributed by atoms with van der Waals surface area (Å²) in [5.41, 5.74) is 0.675. The molecule has 0 fully saturated rings. The van der Waals surface area contributed by atoms with E-state index in [-0.39, 0.29) is 5.56 Å². The highest BCUT2D eigenvalue weighted by Crippen LogP contribution is 2.22. The number of hydrogen-bond donors (Lipinski definition) is 0. The second kappa shape index (κ2) is 4.20. The highest BCUT2D eigenvalue weighted by molar-refractivity contribution is 7.92. The van der Waals surface area contributed by atoms with Crippen LogP contribution in [0.2, 0.25) is 5.02 Å². The smallest absolute Gasteiger partial charge is 0.231 e. The minimum Gasteiger partial charge on any atom is -0.298 e. The Hall–Kier alpha value is -1.07. The van der Waals surface area contributed by atoms with Crippen molar-refractivity contribution in [3.63, 3.8) is 0 Å². The highest BCUT2D eigenvalue weighted by Gasteiger charge is 2.12. The van der Waals surface area contributed by atoms with Crippen LogP contribution < -0.4 is 4.31 Å². The first-order valence-electron chi connectivity index (χ1n) is 4.05. The molecule has 6 heteroatoms. The summed E-state index contributed by atoms with van der Waals surface area (Å²) in [4.78, 5) is 10.6. The average molecular weight is 248 g/mol. The Morgan fingerprint density at radius 3 is 2.47 bits per heavy atom. The molecule has 1 rings (SSSR count). The molecule has 0 aromatic heterocycles. The van der Waals surface area contributed by atoms with Crippen molar-refractivity contribution < 1.29 is 13.2 Å². The number of aldehydes is 1. The summed E-state index contributed by atoms with van der Waals surface area (Å²) in [5.74, 6) is 0. The fourth-order valence-electron chi connectivity index (χ4n) is 1.01. The first-order valence-corrected chi connectivity index (χ1v) is 6.27. The molecule has 15 heavy (non-hydrogen) atoms. The standard InChI is InChI=1S/C9H10ClNO3S/c1-11(15(2,13)14)8-3-4-9(10)7(5-8)6-12/h3-6H,1-2H3. The van der Waals surface area contributed by atoms with Gasteiger partial charge in [0.05, 0.1) is 17.0 Å². The fraction of sp³-hybridized carbons (Fsp3) is 0.222. The van der Waals surface area contributed by atoms with Gasteiger partial charge >= 0.3 is 0 Å². The van der Waals surface area contributed by atoms with Crippen LogP contribution in [-0.4, -0.2) is 28.0 Å². The third kappa shape index (κ3) is 2.70. The van der Waals surface area contributed by atoms with Gasteiger partial charge in [-0.05, 0) is 18.2 Å². The van der Waals surface area contributed by atoms with Gasteiger partial charge in [0, 0.05) is 12.6 Å². The van der Waals surface area contributed by atoms with E-state index in [1.165, 1.54) is 25.2 Å². The molecule has 0 unspecified atom stereocenters. The Morgan fingerprint density at radius 2 is 2.00 bits per heavy atom. The number of sulfonamides is 1. The number of rotatable bonds is 3. The van der Waals surface area contributed by atoms with Crippen molar-refractivity contribution >= 4 is 33.6 Å². The number of hydrogen-bond acceptors (Lipinski definition) is 3. The summed E-state index contributed by atoms with van der Waals surface area (Å²) in [6.07, 6.45) is 1.67. The van der Waals surface area contributed by atoms with E-state index in [2.05, 4.69) is 0 Å². The van der Waals surface area contributed by atoms with Crippen LogP contribution in [0.5, 0.6) is 0 Å². The van der Waals surface area contributed by atoms with Crippen LogP contribution in [0, 0.1) is 0 Å². The average Bonchev–Trinajstić information content (AvgIpc) is 2.16. The summed E-state index contributed by atoms with van der Waals surface area (Å²) in [6, 6.07) is 4.45. The monoisotopic (exact) mass is 247 g/mol. The van der Waals surface area contributed by atoms with Gasteiger partial charge in [0.15, 0.2) is 6.29 Å². The molecule has 1 aromatic carbocycles. The molecule has 0 aliphatic heterocycles. The molecule has 0 heterocycles. The van der Waals surface area contributed by atoms with E-state index in [1.807, 2.05) is 0 Å². The first kappa shape index (κ1) is 12.0. The minimum absolute atomic E-state index is 0.268. The van der Waals surface area contributed by atoms with E-state index < -0.39 is 10.0 Å². The van der Waals surface area contributed by atoms with Gasteiger partial charge in [-0.25, -0.2) is 8.42 Å². The molecular formula is C9H10ClNO3S. The Kier molecular flexibility index (Phi) is 3.36. The predicted octanol–water partition coefficient (Wildman–Crippen LogP) is 1.55. The van der Waals surface area contributed by atoms with E-state index in [9.17, 15) is 13.2 Å². The summed E-state index contributed by atoms with van der Waals surface area (Å²) >= 11 is 5.72. The third-order valence-electron chi connectivity index (χ3n) is 1.97. The fourth-order valence-corrected chi connectivity index (χ4v) is 1.67. The zero-order chi connectivity index (χ0) is 11.6. The largest absolute Gasteiger partial charge is 0.298 e. The Labute approximate surface area is 93.5 Å². The molecule has 0 radical (unpaired) electrons. The summed E-state index contributed by atoms with van der Waals surface area (Å²) < 4.78 is 23.5. The number of halogens is 1. The Balaban J connectivity index is 3.23. The maximum absolute atomic E-state index is 11.2. The molecule has 0 N–H and O–H groups in total. The Morgan fingerprint density at radius 1 is 1.40 bits per heavy atom. The molecule has 0 atom stereocenters. The third-order valence-corrected chi connectivity index (χ3v) is 3.52. The maximum Gasteiger partial charge on any atom is 0.231 e. The van der Waals surface area contributed by atoms with Crippen LogP contribution in [0.15, 0.2) is 18.2 Å².